The quantitative estimate of drug-likeness (QED) is 0.764. The second-order valence-corrected chi connectivity index (χ2v) is 5.76. The van der Waals surface area contributed by atoms with Crippen molar-refractivity contribution < 1.29 is 9.84 Å². The summed E-state index contributed by atoms with van der Waals surface area (Å²) in [7, 11) is 0. The maximum Gasteiger partial charge on any atom is 0.221 e. The van der Waals surface area contributed by atoms with Crippen LogP contribution in [0.4, 0.5) is 0 Å². The molecule has 0 saturated carbocycles. The number of ether oxygens (including phenoxy) is 1. The van der Waals surface area contributed by atoms with Crippen LogP contribution in [0.3, 0.4) is 0 Å². The molecular weight excluding hydrogens is 298 g/mol. The van der Waals surface area contributed by atoms with Crippen molar-refractivity contribution in [1.29, 1.82) is 0 Å². The summed E-state index contributed by atoms with van der Waals surface area (Å²) in [5.74, 6) is 0.660. The smallest absolute Gasteiger partial charge is 0.221 e. The third kappa shape index (κ3) is 2.65. The monoisotopic (exact) mass is 315 g/mol. The molecule has 3 aromatic rings. The zero-order valence-corrected chi connectivity index (χ0v) is 13.0. The fourth-order valence-electron chi connectivity index (χ4n) is 2.99. The predicted molar refractivity (Wildman–Crippen MR) is 94.1 cm³/mol. The van der Waals surface area contributed by atoms with Gasteiger partial charge in [-0.05, 0) is 23.3 Å². The van der Waals surface area contributed by atoms with Gasteiger partial charge in [-0.25, -0.2) is 4.99 Å². The van der Waals surface area contributed by atoms with Crippen LogP contribution in [0.5, 0.6) is 5.75 Å². The van der Waals surface area contributed by atoms with E-state index >= 15 is 0 Å². The van der Waals surface area contributed by atoms with Gasteiger partial charge in [0.2, 0.25) is 5.90 Å². The molecule has 0 bridgehead atoms. The Hall–Kier alpha value is -3.07. The number of para-hydroxylation sites is 1. The fourth-order valence-corrected chi connectivity index (χ4v) is 2.99. The van der Waals surface area contributed by atoms with Gasteiger partial charge in [-0.3, -0.25) is 0 Å². The van der Waals surface area contributed by atoms with Gasteiger partial charge in [-0.2, -0.15) is 0 Å². The van der Waals surface area contributed by atoms with E-state index in [1.54, 1.807) is 12.1 Å². The summed E-state index contributed by atoms with van der Waals surface area (Å²) in [5.41, 5.74) is 2.79. The van der Waals surface area contributed by atoms with Gasteiger partial charge in [0.15, 0.2) is 6.10 Å². The van der Waals surface area contributed by atoms with Gasteiger partial charge in [0.1, 0.15) is 11.8 Å². The summed E-state index contributed by atoms with van der Waals surface area (Å²) in [5, 5.41) is 10.1. The van der Waals surface area contributed by atoms with Gasteiger partial charge in [0.25, 0.3) is 0 Å². The van der Waals surface area contributed by atoms with Gasteiger partial charge in [-0.1, -0.05) is 72.8 Å². The van der Waals surface area contributed by atoms with Crippen molar-refractivity contribution >= 4 is 5.90 Å². The SMILES string of the molecule is Oc1ccccc1C1=N[C@H](c2ccccc2)[C@H](c2ccccc2)O1. The molecule has 24 heavy (non-hydrogen) atoms. The Kier molecular flexibility index (Phi) is 3.75. The molecule has 0 fully saturated rings. The molecule has 1 heterocycles. The Morgan fingerprint density at radius 3 is 1.96 bits per heavy atom. The molecule has 2 atom stereocenters. The molecule has 0 radical (unpaired) electrons. The number of hydrogen-bond donors (Lipinski definition) is 1. The lowest BCUT2D eigenvalue weighted by Gasteiger charge is -2.18. The van der Waals surface area contributed by atoms with Crippen LogP contribution >= 0.6 is 0 Å². The van der Waals surface area contributed by atoms with E-state index in [2.05, 4.69) is 12.1 Å². The van der Waals surface area contributed by atoms with E-state index in [4.69, 9.17) is 9.73 Å². The largest absolute Gasteiger partial charge is 0.507 e. The molecule has 0 unspecified atom stereocenters. The molecule has 0 aliphatic carbocycles. The summed E-state index contributed by atoms with van der Waals surface area (Å²) in [6.07, 6.45) is -0.205. The summed E-state index contributed by atoms with van der Waals surface area (Å²) in [6.45, 7) is 0. The summed E-state index contributed by atoms with van der Waals surface area (Å²) in [4.78, 5) is 4.78. The van der Waals surface area contributed by atoms with Gasteiger partial charge >= 0.3 is 0 Å². The third-order valence-electron chi connectivity index (χ3n) is 4.19. The van der Waals surface area contributed by atoms with Crippen molar-refractivity contribution in [3.63, 3.8) is 0 Å². The number of phenols is 1. The molecule has 3 heteroatoms. The Morgan fingerprint density at radius 1 is 0.708 bits per heavy atom. The first-order valence-electron chi connectivity index (χ1n) is 7.95. The fraction of sp³-hybridized carbons (Fsp3) is 0.0952. The summed E-state index contributed by atoms with van der Waals surface area (Å²) in [6, 6.07) is 27.2. The minimum absolute atomic E-state index is 0.136. The van der Waals surface area contributed by atoms with Crippen LogP contribution in [-0.4, -0.2) is 11.0 Å². The van der Waals surface area contributed by atoms with Gasteiger partial charge in [-0.15, -0.1) is 0 Å². The number of phenolic OH excluding ortho intramolecular Hbond substituents is 1. The Balaban J connectivity index is 1.77. The molecule has 3 nitrogen and oxygen atoms in total. The van der Waals surface area contributed by atoms with E-state index in [0.717, 1.165) is 11.1 Å². The van der Waals surface area contributed by atoms with Crippen molar-refractivity contribution in [2.24, 2.45) is 4.99 Å². The van der Waals surface area contributed by atoms with E-state index in [-0.39, 0.29) is 17.9 Å². The zero-order chi connectivity index (χ0) is 16.4. The van der Waals surface area contributed by atoms with Crippen molar-refractivity contribution in [3.05, 3.63) is 102 Å². The molecule has 0 amide bonds. The second-order valence-electron chi connectivity index (χ2n) is 5.76. The van der Waals surface area contributed by atoms with E-state index in [1.165, 1.54) is 0 Å². The molecule has 0 saturated heterocycles. The molecule has 1 N–H and O–H groups in total. The summed E-state index contributed by atoms with van der Waals surface area (Å²) >= 11 is 0. The van der Waals surface area contributed by atoms with Crippen LogP contribution in [0.2, 0.25) is 0 Å². The topological polar surface area (TPSA) is 41.8 Å². The van der Waals surface area contributed by atoms with Crippen molar-refractivity contribution in [3.8, 4) is 5.75 Å². The average molecular weight is 315 g/mol. The van der Waals surface area contributed by atoms with Crippen molar-refractivity contribution in [1.82, 2.24) is 0 Å². The molecule has 0 aromatic heterocycles. The van der Waals surface area contributed by atoms with E-state index in [1.807, 2.05) is 60.7 Å². The summed E-state index contributed by atoms with van der Waals surface area (Å²) < 4.78 is 6.17. The molecule has 1 aliphatic heterocycles. The van der Waals surface area contributed by atoms with Gasteiger partial charge in [0.05, 0.1) is 5.56 Å². The maximum absolute atomic E-state index is 10.1. The van der Waals surface area contributed by atoms with Gasteiger partial charge in [0, 0.05) is 0 Å². The van der Waals surface area contributed by atoms with Crippen LogP contribution in [0.1, 0.15) is 28.8 Å². The predicted octanol–water partition coefficient (Wildman–Crippen LogP) is 4.65. The number of aromatic hydroxyl groups is 1. The number of nitrogens with zero attached hydrogens (tertiary/aromatic N) is 1. The minimum atomic E-state index is -0.205. The normalized spacial score (nSPS) is 19.6. The lowest BCUT2D eigenvalue weighted by atomic mass is 9.97. The van der Waals surface area contributed by atoms with E-state index in [0.29, 0.717) is 11.5 Å². The van der Waals surface area contributed by atoms with Gasteiger partial charge < -0.3 is 9.84 Å². The number of aliphatic imine (C=N–C) groups is 1. The number of benzene rings is 3. The Labute approximate surface area is 140 Å². The number of hydrogen-bond acceptors (Lipinski definition) is 3. The standard InChI is InChI=1S/C21H17NO2/c23-18-14-8-7-13-17(18)21-22-19(15-9-3-1-4-10-15)20(24-21)16-11-5-2-6-12-16/h1-14,19-20,23H/t19-,20+/m1/s1. The van der Waals surface area contributed by atoms with Crippen LogP contribution in [0.25, 0.3) is 0 Å². The average Bonchev–Trinajstić information content (AvgIpc) is 3.09. The first kappa shape index (κ1) is 14.5. The highest BCUT2D eigenvalue weighted by molar-refractivity contribution is 5.98. The number of rotatable bonds is 3. The highest BCUT2D eigenvalue weighted by Gasteiger charge is 2.34. The zero-order valence-electron chi connectivity index (χ0n) is 13.0. The van der Waals surface area contributed by atoms with E-state index in [9.17, 15) is 5.11 Å². The lowest BCUT2D eigenvalue weighted by molar-refractivity contribution is 0.196. The second kappa shape index (κ2) is 6.20. The van der Waals surface area contributed by atoms with E-state index < -0.39 is 0 Å². The molecule has 4 rings (SSSR count). The van der Waals surface area contributed by atoms with Crippen LogP contribution in [0, 0.1) is 0 Å². The molecule has 1 aliphatic rings. The molecular formula is C21H17NO2. The van der Waals surface area contributed by atoms with Crippen LogP contribution < -0.4 is 0 Å². The van der Waals surface area contributed by atoms with Crippen LogP contribution in [0.15, 0.2) is 89.9 Å². The van der Waals surface area contributed by atoms with Crippen LogP contribution in [-0.2, 0) is 4.74 Å². The van der Waals surface area contributed by atoms with Crippen molar-refractivity contribution in [2.45, 2.75) is 12.1 Å². The first-order chi connectivity index (χ1) is 11.8. The Morgan fingerprint density at radius 2 is 1.29 bits per heavy atom. The molecule has 0 spiro atoms. The molecule has 118 valence electrons. The maximum atomic E-state index is 10.1. The minimum Gasteiger partial charge on any atom is -0.507 e. The lowest BCUT2D eigenvalue weighted by Crippen LogP contribution is -2.09. The van der Waals surface area contributed by atoms with Crippen molar-refractivity contribution in [2.75, 3.05) is 0 Å². The highest BCUT2D eigenvalue weighted by Crippen LogP contribution is 2.41. The highest BCUT2D eigenvalue weighted by atomic mass is 16.5. The third-order valence-corrected chi connectivity index (χ3v) is 4.19. The first-order valence-corrected chi connectivity index (χ1v) is 7.95. The Bertz CT molecular complexity index is 859. The molecule has 3 aromatic carbocycles.